The van der Waals surface area contributed by atoms with Crippen LogP contribution in [0.5, 0.6) is 0 Å². The molecule has 1 aromatic heterocycles. The molecule has 3 aromatic rings. The molecule has 1 fully saturated rings. The number of nitrogens with zero attached hydrogens (tertiary/aromatic N) is 3. The molecule has 0 saturated carbocycles. The molecule has 2 aromatic carbocycles. The molecule has 0 spiro atoms. The summed E-state index contributed by atoms with van der Waals surface area (Å²) in [5, 5.41) is 4.05. The van der Waals surface area contributed by atoms with Crippen molar-refractivity contribution < 1.29 is 4.79 Å². The number of nitrogens with one attached hydrogen (secondary N) is 1. The molecule has 0 bridgehead atoms. The minimum atomic E-state index is 0.143. The first kappa shape index (κ1) is 16.7. The van der Waals surface area contributed by atoms with Crippen molar-refractivity contribution in [2.75, 3.05) is 13.1 Å². The third-order valence-electron chi connectivity index (χ3n) is 5.45. The Morgan fingerprint density at radius 3 is 2.93 bits per heavy atom. The van der Waals surface area contributed by atoms with Gasteiger partial charge in [0.2, 0.25) is 0 Å². The van der Waals surface area contributed by atoms with Gasteiger partial charge in [-0.1, -0.05) is 17.7 Å². The second kappa shape index (κ2) is 6.59. The first-order chi connectivity index (χ1) is 13.2. The second-order valence-corrected chi connectivity index (χ2v) is 7.63. The lowest BCUT2D eigenvalue weighted by molar-refractivity contribution is 0.0674. The molecule has 5 rings (SSSR count). The highest BCUT2D eigenvalue weighted by molar-refractivity contribution is 6.31. The number of carbonyl (C=O) groups is 1. The van der Waals surface area contributed by atoms with E-state index in [1.807, 2.05) is 35.2 Å². The molecule has 0 aliphatic carbocycles. The fourth-order valence-corrected chi connectivity index (χ4v) is 4.19. The highest BCUT2D eigenvalue weighted by Gasteiger charge is 2.33. The number of amides is 1. The smallest absolute Gasteiger partial charge is 0.254 e. The van der Waals surface area contributed by atoms with E-state index in [0.29, 0.717) is 11.6 Å². The van der Waals surface area contributed by atoms with Crippen LogP contribution in [0.15, 0.2) is 42.6 Å². The largest absolute Gasteiger partial charge is 0.330 e. The zero-order valence-corrected chi connectivity index (χ0v) is 15.5. The SMILES string of the molecule is O=C1c2ccc(-c3cnc4cc(Cl)ccc4n3)cc2CN1C1CCCNC1. The fourth-order valence-electron chi connectivity index (χ4n) is 4.02. The maximum atomic E-state index is 12.8. The van der Waals surface area contributed by atoms with Gasteiger partial charge in [-0.2, -0.15) is 0 Å². The highest BCUT2D eigenvalue weighted by atomic mass is 35.5. The van der Waals surface area contributed by atoms with Crippen molar-refractivity contribution in [1.29, 1.82) is 0 Å². The summed E-state index contributed by atoms with van der Waals surface area (Å²) in [7, 11) is 0. The fraction of sp³-hybridized carbons (Fsp3) is 0.286. The van der Waals surface area contributed by atoms with E-state index in [-0.39, 0.29) is 11.9 Å². The van der Waals surface area contributed by atoms with Crippen LogP contribution in [0.3, 0.4) is 0 Å². The van der Waals surface area contributed by atoms with Crippen molar-refractivity contribution in [3.8, 4) is 11.3 Å². The quantitative estimate of drug-likeness (QED) is 0.739. The Hall–Kier alpha value is -2.50. The van der Waals surface area contributed by atoms with E-state index in [1.165, 1.54) is 0 Å². The summed E-state index contributed by atoms with van der Waals surface area (Å²) >= 11 is 6.02. The van der Waals surface area contributed by atoms with E-state index >= 15 is 0 Å². The number of hydrogen-bond donors (Lipinski definition) is 1. The van der Waals surface area contributed by atoms with Crippen molar-refractivity contribution in [3.63, 3.8) is 0 Å². The van der Waals surface area contributed by atoms with Crippen LogP contribution in [0.2, 0.25) is 5.02 Å². The Bertz CT molecular complexity index is 1050. The molecular weight excluding hydrogens is 360 g/mol. The number of hydrogen-bond acceptors (Lipinski definition) is 4. The first-order valence-corrected chi connectivity index (χ1v) is 9.64. The predicted octanol–water partition coefficient (Wildman–Crippen LogP) is 3.66. The molecule has 1 saturated heterocycles. The second-order valence-electron chi connectivity index (χ2n) is 7.19. The molecule has 27 heavy (non-hydrogen) atoms. The lowest BCUT2D eigenvalue weighted by Gasteiger charge is -2.31. The molecular formula is C21H19ClN4O. The van der Waals surface area contributed by atoms with Gasteiger partial charge in [-0.15, -0.1) is 0 Å². The first-order valence-electron chi connectivity index (χ1n) is 9.26. The average Bonchev–Trinajstić information content (AvgIpc) is 3.04. The van der Waals surface area contributed by atoms with E-state index in [0.717, 1.165) is 59.3 Å². The standard InChI is InChI=1S/C21H19ClN4O/c22-15-4-6-18-19(9-15)24-11-20(25-18)13-3-5-17-14(8-13)12-26(21(17)27)16-2-1-7-23-10-16/h3-6,8-9,11,16,23H,1-2,7,10,12H2. The van der Waals surface area contributed by atoms with Crippen molar-refractivity contribution in [2.45, 2.75) is 25.4 Å². The van der Waals surface area contributed by atoms with Gasteiger partial charge in [-0.25, -0.2) is 4.98 Å². The van der Waals surface area contributed by atoms with Gasteiger partial charge < -0.3 is 10.2 Å². The molecule has 0 radical (unpaired) electrons. The topological polar surface area (TPSA) is 58.1 Å². The number of rotatable bonds is 2. The maximum absolute atomic E-state index is 12.8. The number of halogens is 1. The average molecular weight is 379 g/mol. The van der Waals surface area contributed by atoms with E-state index in [9.17, 15) is 4.79 Å². The van der Waals surface area contributed by atoms with Crippen LogP contribution in [0, 0.1) is 0 Å². The van der Waals surface area contributed by atoms with Crippen molar-refractivity contribution in [3.05, 3.63) is 58.7 Å². The Morgan fingerprint density at radius 1 is 1.15 bits per heavy atom. The van der Waals surface area contributed by atoms with Crippen LogP contribution in [-0.4, -0.2) is 39.9 Å². The summed E-state index contributed by atoms with van der Waals surface area (Å²) < 4.78 is 0. The van der Waals surface area contributed by atoms with Crippen molar-refractivity contribution in [1.82, 2.24) is 20.2 Å². The number of carbonyl (C=O) groups excluding carboxylic acids is 1. The Labute approximate surface area is 162 Å². The van der Waals surface area contributed by atoms with Gasteiger partial charge in [-0.05, 0) is 55.3 Å². The minimum absolute atomic E-state index is 0.143. The minimum Gasteiger partial charge on any atom is -0.330 e. The van der Waals surface area contributed by atoms with Gasteiger partial charge in [0, 0.05) is 35.3 Å². The molecule has 1 unspecified atom stereocenters. The van der Waals surface area contributed by atoms with Crippen LogP contribution in [-0.2, 0) is 6.54 Å². The number of fused-ring (bicyclic) bond motifs is 2. The number of aromatic nitrogens is 2. The van der Waals surface area contributed by atoms with Gasteiger partial charge in [0.1, 0.15) is 0 Å². The maximum Gasteiger partial charge on any atom is 0.254 e. The lowest BCUT2D eigenvalue weighted by atomic mass is 10.0. The van der Waals surface area contributed by atoms with Crippen LogP contribution in [0.25, 0.3) is 22.3 Å². The van der Waals surface area contributed by atoms with E-state index < -0.39 is 0 Å². The molecule has 1 atom stereocenters. The molecule has 6 heteroatoms. The van der Waals surface area contributed by atoms with Gasteiger partial charge >= 0.3 is 0 Å². The number of piperidine rings is 1. The van der Waals surface area contributed by atoms with Gasteiger partial charge in [-0.3, -0.25) is 9.78 Å². The molecule has 3 heterocycles. The van der Waals surface area contributed by atoms with E-state index in [1.54, 1.807) is 6.20 Å². The monoisotopic (exact) mass is 378 g/mol. The molecule has 136 valence electrons. The summed E-state index contributed by atoms with van der Waals surface area (Å²) in [5.41, 5.74) is 5.25. The zero-order valence-electron chi connectivity index (χ0n) is 14.8. The third kappa shape index (κ3) is 2.97. The summed E-state index contributed by atoms with van der Waals surface area (Å²) in [4.78, 5) is 24.0. The Balaban J connectivity index is 1.47. The number of benzene rings is 2. The normalized spacial score (nSPS) is 19.5. The van der Waals surface area contributed by atoms with Crippen LogP contribution in [0.1, 0.15) is 28.8 Å². The van der Waals surface area contributed by atoms with Crippen LogP contribution in [0.4, 0.5) is 0 Å². The highest BCUT2D eigenvalue weighted by Crippen LogP contribution is 2.30. The van der Waals surface area contributed by atoms with Crippen molar-refractivity contribution >= 4 is 28.5 Å². The van der Waals surface area contributed by atoms with Gasteiger partial charge in [0.15, 0.2) is 0 Å². The molecule has 2 aliphatic heterocycles. The van der Waals surface area contributed by atoms with Gasteiger partial charge in [0.25, 0.3) is 5.91 Å². The lowest BCUT2D eigenvalue weighted by Crippen LogP contribution is -2.46. The van der Waals surface area contributed by atoms with Crippen LogP contribution < -0.4 is 5.32 Å². The summed E-state index contributed by atoms with van der Waals surface area (Å²) in [5.74, 6) is 0.143. The molecule has 5 nitrogen and oxygen atoms in total. The van der Waals surface area contributed by atoms with E-state index in [4.69, 9.17) is 16.6 Å². The van der Waals surface area contributed by atoms with Gasteiger partial charge in [0.05, 0.1) is 22.9 Å². The Morgan fingerprint density at radius 2 is 2.07 bits per heavy atom. The molecule has 2 aliphatic rings. The summed E-state index contributed by atoms with van der Waals surface area (Å²) in [6.07, 6.45) is 3.95. The molecule has 1 N–H and O–H groups in total. The Kier molecular flexibility index (Phi) is 4.06. The molecule has 1 amide bonds. The van der Waals surface area contributed by atoms with Crippen molar-refractivity contribution in [2.24, 2.45) is 0 Å². The third-order valence-corrected chi connectivity index (χ3v) is 5.68. The summed E-state index contributed by atoms with van der Waals surface area (Å²) in [6, 6.07) is 11.8. The summed E-state index contributed by atoms with van der Waals surface area (Å²) in [6.45, 7) is 2.59. The zero-order chi connectivity index (χ0) is 18.4. The van der Waals surface area contributed by atoms with E-state index in [2.05, 4.69) is 16.4 Å². The predicted molar refractivity (Wildman–Crippen MR) is 106 cm³/mol. The van der Waals surface area contributed by atoms with Crippen LogP contribution >= 0.6 is 11.6 Å².